The summed E-state index contributed by atoms with van der Waals surface area (Å²) in [7, 11) is 3.46. The van der Waals surface area contributed by atoms with Crippen molar-refractivity contribution in [3.63, 3.8) is 0 Å². The number of aryl methyl sites for hydroxylation is 3. The van der Waals surface area contributed by atoms with Gasteiger partial charge in [0.1, 0.15) is 11.5 Å². The summed E-state index contributed by atoms with van der Waals surface area (Å²) < 4.78 is 13.2. The molecular weight excluding hydrogens is 579 g/mol. The molecule has 0 amide bonds. The molecule has 46 heavy (non-hydrogen) atoms. The summed E-state index contributed by atoms with van der Waals surface area (Å²) in [5.74, 6) is 8.07. The SMILES string of the molecule is CCCc1cc(CCC)c(-c2c(OC)ccc(OC)c2P(C23CC4CC(CC(C4)C2)C3)C23CC4CC(CC(C4)C2)C3)c(CCC)c1. The van der Waals surface area contributed by atoms with Gasteiger partial charge in [-0.3, -0.25) is 0 Å². The molecule has 2 aromatic carbocycles. The normalized spacial score (nSPS) is 35.9. The van der Waals surface area contributed by atoms with Gasteiger partial charge in [0.15, 0.2) is 0 Å². The lowest BCUT2D eigenvalue weighted by molar-refractivity contribution is 0.0195. The van der Waals surface area contributed by atoms with Crippen LogP contribution in [0.15, 0.2) is 24.3 Å². The topological polar surface area (TPSA) is 18.5 Å². The second-order valence-corrected chi connectivity index (χ2v) is 20.4. The Morgan fingerprint density at radius 3 is 1.33 bits per heavy atom. The third kappa shape index (κ3) is 5.20. The maximum Gasteiger partial charge on any atom is 0.127 e. The number of methoxy groups -OCH3 is 2. The fourth-order valence-corrected chi connectivity index (χ4v) is 19.0. The van der Waals surface area contributed by atoms with Crippen LogP contribution in [0.1, 0.15) is 134 Å². The standard InChI is InChI=1S/C43H61O2P/c1-6-9-28-20-35(10-7-2)39(36(21-28)11-8-3)40-37(44-4)12-13-38(45-5)41(40)46(42-22-29-14-30(23-42)16-31(15-29)24-42)43-25-32-17-33(26-43)19-34(18-32)27-43/h12-13,20-21,29-34H,6-11,14-19,22-27H2,1-5H3. The van der Waals surface area contributed by atoms with Gasteiger partial charge in [-0.15, -0.1) is 0 Å². The van der Waals surface area contributed by atoms with Gasteiger partial charge in [-0.05, 0) is 177 Å². The summed E-state index contributed by atoms with van der Waals surface area (Å²) >= 11 is 0. The molecule has 0 radical (unpaired) electrons. The van der Waals surface area contributed by atoms with Crippen LogP contribution in [0.25, 0.3) is 11.1 Å². The third-order valence-corrected chi connectivity index (χ3v) is 17.8. The van der Waals surface area contributed by atoms with Gasteiger partial charge >= 0.3 is 0 Å². The number of rotatable bonds is 12. The largest absolute Gasteiger partial charge is 0.496 e. The highest BCUT2D eigenvalue weighted by atomic mass is 31.1. The first-order valence-corrected chi connectivity index (χ1v) is 21.0. The molecule has 0 atom stereocenters. The van der Waals surface area contributed by atoms with Crippen LogP contribution in [0.2, 0.25) is 0 Å². The lowest BCUT2D eigenvalue weighted by Crippen LogP contribution is -2.58. The van der Waals surface area contributed by atoms with E-state index in [-0.39, 0.29) is 0 Å². The van der Waals surface area contributed by atoms with Gasteiger partial charge in [-0.25, -0.2) is 0 Å². The summed E-state index contributed by atoms with van der Waals surface area (Å²) in [5, 5.41) is 2.60. The van der Waals surface area contributed by atoms with Crippen molar-refractivity contribution in [1.29, 1.82) is 0 Å². The van der Waals surface area contributed by atoms with E-state index >= 15 is 0 Å². The Morgan fingerprint density at radius 1 is 0.565 bits per heavy atom. The highest BCUT2D eigenvalue weighted by Gasteiger charge is 2.64. The van der Waals surface area contributed by atoms with Crippen molar-refractivity contribution in [2.45, 2.75) is 147 Å². The van der Waals surface area contributed by atoms with Crippen molar-refractivity contribution >= 4 is 13.2 Å². The zero-order valence-electron chi connectivity index (χ0n) is 29.8. The predicted octanol–water partition coefficient (Wildman–Crippen LogP) is 11.3. The van der Waals surface area contributed by atoms with Crippen LogP contribution in [-0.4, -0.2) is 24.5 Å². The Morgan fingerprint density at radius 2 is 0.957 bits per heavy atom. The predicted molar refractivity (Wildman–Crippen MR) is 195 cm³/mol. The molecule has 8 aliphatic rings. The maximum absolute atomic E-state index is 6.64. The molecule has 2 aromatic rings. The highest BCUT2D eigenvalue weighted by Crippen LogP contribution is 2.79. The number of ether oxygens (including phenoxy) is 2. The Labute approximate surface area is 281 Å². The van der Waals surface area contributed by atoms with Gasteiger partial charge < -0.3 is 9.47 Å². The van der Waals surface area contributed by atoms with Gasteiger partial charge in [0.25, 0.3) is 0 Å². The molecule has 0 heterocycles. The molecule has 0 aliphatic heterocycles. The van der Waals surface area contributed by atoms with Gasteiger partial charge in [-0.1, -0.05) is 60.1 Å². The van der Waals surface area contributed by atoms with Crippen molar-refractivity contribution in [2.75, 3.05) is 14.2 Å². The van der Waals surface area contributed by atoms with Gasteiger partial charge in [0.05, 0.1) is 14.2 Å². The van der Waals surface area contributed by atoms with Crippen LogP contribution in [0.3, 0.4) is 0 Å². The smallest absolute Gasteiger partial charge is 0.127 e. The van der Waals surface area contributed by atoms with Crippen molar-refractivity contribution in [3.8, 4) is 22.6 Å². The van der Waals surface area contributed by atoms with Crippen molar-refractivity contribution in [2.24, 2.45) is 35.5 Å². The zero-order valence-corrected chi connectivity index (χ0v) is 30.7. The van der Waals surface area contributed by atoms with Gasteiger partial charge in [0, 0.05) is 10.9 Å². The molecule has 8 bridgehead atoms. The first kappa shape index (κ1) is 31.7. The van der Waals surface area contributed by atoms with E-state index in [9.17, 15) is 0 Å². The van der Waals surface area contributed by atoms with Crippen LogP contribution >= 0.6 is 7.92 Å². The molecule has 3 heteroatoms. The number of hydrogen-bond donors (Lipinski definition) is 0. The summed E-state index contributed by atoms with van der Waals surface area (Å²) in [6.07, 6.45) is 25.1. The molecule has 0 aromatic heterocycles. The van der Waals surface area contributed by atoms with E-state index in [4.69, 9.17) is 9.47 Å². The first-order chi connectivity index (χ1) is 22.4. The molecule has 2 nitrogen and oxygen atoms in total. The van der Waals surface area contributed by atoms with Crippen molar-refractivity contribution < 1.29 is 9.47 Å². The minimum Gasteiger partial charge on any atom is -0.496 e. The zero-order chi connectivity index (χ0) is 31.6. The van der Waals surface area contributed by atoms with E-state index in [0.717, 1.165) is 54.1 Å². The van der Waals surface area contributed by atoms with Crippen molar-refractivity contribution in [3.05, 3.63) is 41.0 Å². The van der Waals surface area contributed by atoms with Gasteiger partial charge in [0.2, 0.25) is 0 Å². The number of benzene rings is 2. The van der Waals surface area contributed by atoms with E-state index in [1.807, 2.05) is 14.2 Å². The van der Waals surface area contributed by atoms with E-state index in [2.05, 4.69) is 45.0 Å². The summed E-state index contributed by atoms with van der Waals surface area (Å²) in [6.45, 7) is 7.08. The molecule has 250 valence electrons. The van der Waals surface area contributed by atoms with Crippen LogP contribution in [0, 0.1) is 35.5 Å². The summed E-state index contributed by atoms with van der Waals surface area (Å²) in [6, 6.07) is 9.80. The molecule has 0 N–H and O–H groups in total. The number of hydrogen-bond acceptors (Lipinski definition) is 2. The molecule has 0 saturated heterocycles. The average Bonchev–Trinajstić information content (AvgIpc) is 3.00. The highest BCUT2D eigenvalue weighted by molar-refractivity contribution is 7.69. The minimum atomic E-state index is -0.460. The second-order valence-electron chi connectivity index (χ2n) is 17.4. The second kappa shape index (κ2) is 12.4. The molecule has 0 unspecified atom stereocenters. The van der Waals surface area contributed by atoms with Crippen LogP contribution < -0.4 is 14.8 Å². The average molecular weight is 641 g/mol. The van der Waals surface area contributed by atoms with E-state index < -0.39 is 7.92 Å². The fourth-order valence-electron chi connectivity index (χ4n) is 13.5. The molecule has 0 spiro atoms. The monoisotopic (exact) mass is 640 g/mol. The maximum atomic E-state index is 6.64. The first-order valence-electron chi connectivity index (χ1n) is 19.6. The minimum absolute atomic E-state index is 0.460. The summed E-state index contributed by atoms with van der Waals surface area (Å²) in [4.78, 5) is 0. The molecule has 8 saturated carbocycles. The van der Waals surface area contributed by atoms with E-state index in [0.29, 0.717) is 10.3 Å². The third-order valence-electron chi connectivity index (χ3n) is 13.9. The Balaban J connectivity index is 1.42. The van der Waals surface area contributed by atoms with Crippen LogP contribution in [-0.2, 0) is 19.3 Å². The fraction of sp³-hybridized carbons (Fsp3) is 0.721. The van der Waals surface area contributed by atoms with Crippen LogP contribution in [0.4, 0.5) is 0 Å². The molecule has 10 rings (SSSR count). The van der Waals surface area contributed by atoms with E-state index in [1.54, 1.807) is 16.4 Å². The Hall–Kier alpha value is -1.53. The molecule has 8 fully saturated rings. The molecule has 8 aliphatic carbocycles. The quantitative estimate of drug-likeness (QED) is 0.215. The van der Waals surface area contributed by atoms with Crippen molar-refractivity contribution in [1.82, 2.24) is 0 Å². The summed E-state index contributed by atoms with van der Waals surface area (Å²) in [5.41, 5.74) is 7.67. The lowest BCUT2D eigenvalue weighted by atomic mass is 9.55. The lowest BCUT2D eigenvalue weighted by Gasteiger charge is -2.67. The van der Waals surface area contributed by atoms with Gasteiger partial charge in [-0.2, -0.15) is 0 Å². The Bertz CT molecular complexity index is 1300. The van der Waals surface area contributed by atoms with E-state index in [1.165, 1.54) is 125 Å². The molecular formula is C43H61O2P. The van der Waals surface area contributed by atoms with Crippen LogP contribution in [0.5, 0.6) is 11.5 Å². The Kier molecular flexibility index (Phi) is 8.56.